The Morgan fingerprint density at radius 1 is 1.39 bits per heavy atom. The molecular formula is C15H21ClN4O3. The highest BCUT2D eigenvalue weighted by Gasteiger charge is 2.42. The standard InChI is InChI=1S/C15H21ClN4O3/c1-19(14-17-12(16)8-13(18-14)23-2)11-6-9-4-3-5-10(7-11)20(9)15(21)22/h8-11H,3-7H2,1-2H3,(H,21,22)/t9-,10+,11?. The zero-order valence-electron chi connectivity index (χ0n) is 13.3. The summed E-state index contributed by atoms with van der Waals surface area (Å²) in [6.07, 6.45) is 3.72. The molecule has 1 aromatic rings. The van der Waals surface area contributed by atoms with Crippen molar-refractivity contribution in [2.24, 2.45) is 0 Å². The van der Waals surface area contributed by atoms with Gasteiger partial charge < -0.3 is 19.6 Å². The van der Waals surface area contributed by atoms with Crippen LogP contribution in [0, 0.1) is 0 Å². The molecule has 1 unspecified atom stereocenters. The molecule has 0 aliphatic carbocycles. The summed E-state index contributed by atoms with van der Waals surface area (Å²) in [5.41, 5.74) is 0. The van der Waals surface area contributed by atoms with Crippen molar-refractivity contribution in [3.63, 3.8) is 0 Å². The number of fused-ring (bicyclic) bond motifs is 2. The topological polar surface area (TPSA) is 78.8 Å². The number of halogens is 1. The summed E-state index contributed by atoms with van der Waals surface area (Å²) in [4.78, 5) is 23.8. The maximum absolute atomic E-state index is 11.5. The number of aromatic nitrogens is 2. The van der Waals surface area contributed by atoms with E-state index in [-0.39, 0.29) is 18.1 Å². The lowest BCUT2D eigenvalue weighted by atomic mass is 9.81. The van der Waals surface area contributed by atoms with Crippen LogP contribution in [-0.2, 0) is 0 Å². The van der Waals surface area contributed by atoms with Crippen molar-refractivity contribution in [1.82, 2.24) is 14.9 Å². The van der Waals surface area contributed by atoms with Gasteiger partial charge in [0.1, 0.15) is 5.15 Å². The SMILES string of the molecule is COc1cc(Cl)nc(N(C)C2C[C@H]3CCC[C@@H](C2)N3C(=O)O)n1. The molecule has 2 fully saturated rings. The summed E-state index contributed by atoms with van der Waals surface area (Å²) in [5.74, 6) is 0.941. The first-order valence-electron chi connectivity index (χ1n) is 7.82. The number of nitrogens with zero attached hydrogens (tertiary/aromatic N) is 4. The summed E-state index contributed by atoms with van der Waals surface area (Å²) in [6.45, 7) is 0. The lowest BCUT2D eigenvalue weighted by Gasteiger charge is -2.49. The minimum absolute atomic E-state index is 0.0773. The summed E-state index contributed by atoms with van der Waals surface area (Å²) in [5, 5.41) is 9.78. The monoisotopic (exact) mass is 340 g/mol. The summed E-state index contributed by atoms with van der Waals surface area (Å²) >= 11 is 6.03. The Labute approximate surface area is 140 Å². The van der Waals surface area contributed by atoms with Crippen molar-refractivity contribution >= 4 is 23.6 Å². The van der Waals surface area contributed by atoms with E-state index < -0.39 is 6.09 Å². The van der Waals surface area contributed by atoms with Crippen LogP contribution in [0.5, 0.6) is 5.88 Å². The Morgan fingerprint density at radius 3 is 2.61 bits per heavy atom. The van der Waals surface area contributed by atoms with Gasteiger partial charge in [-0.1, -0.05) is 11.6 Å². The Hall–Kier alpha value is -1.76. The second kappa shape index (κ2) is 6.39. The Bertz CT molecular complexity index is 586. The van der Waals surface area contributed by atoms with E-state index in [0.717, 1.165) is 32.1 Å². The molecule has 2 aliphatic rings. The van der Waals surface area contributed by atoms with E-state index >= 15 is 0 Å². The number of hydrogen-bond donors (Lipinski definition) is 1. The van der Waals surface area contributed by atoms with Crippen LogP contribution >= 0.6 is 11.6 Å². The average molecular weight is 341 g/mol. The smallest absolute Gasteiger partial charge is 0.407 e. The lowest BCUT2D eigenvalue weighted by Crippen LogP contribution is -2.58. The van der Waals surface area contributed by atoms with Crippen LogP contribution in [0.15, 0.2) is 6.07 Å². The molecule has 3 rings (SSSR count). The number of carbonyl (C=O) groups is 1. The predicted octanol–water partition coefficient (Wildman–Crippen LogP) is 2.64. The number of ether oxygens (including phenoxy) is 1. The maximum Gasteiger partial charge on any atom is 0.407 e. The number of carboxylic acid groups (broad SMARTS) is 1. The first-order valence-corrected chi connectivity index (χ1v) is 8.20. The maximum atomic E-state index is 11.5. The van der Waals surface area contributed by atoms with Gasteiger partial charge in [0.25, 0.3) is 0 Å². The van der Waals surface area contributed by atoms with E-state index in [1.807, 2.05) is 11.9 Å². The molecule has 0 aromatic carbocycles. The van der Waals surface area contributed by atoms with Crippen LogP contribution in [0.25, 0.3) is 0 Å². The highest BCUT2D eigenvalue weighted by Crippen LogP contribution is 2.36. The van der Waals surface area contributed by atoms with Crippen molar-refractivity contribution in [1.29, 1.82) is 0 Å². The second-order valence-electron chi connectivity index (χ2n) is 6.20. The largest absolute Gasteiger partial charge is 0.481 e. The van der Waals surface area contributed by atoms with Crippen LogP contribution < -0.4 is 9.64 Å². The van der Waals surface area contributed by atoms with Gasteiger partial charge in [0, 0.05) is 31.2 Å². The molecule has 1 N–H and O–H groups in total. The van der Waals surface area contributed by atoms with Gasteiger partial charge in [-0.05, 0) is 32.1 Å². The molecule has 1 amide bonds. The fourth-order valence-electron chi connectivity index (χ4n) is 3.79. The van der Waals surface area contributed by atoms with Gasteiger partial charge in [-0.3, -0.25) is 0 Å². The summed E-state index contributed by atoms with van der Waals surface area (Å²) in [7, 11) is 3.47. The normalized spacial score (nSPS) is 26.7. The molecule has 0 saturated carbocycles. The number of rotatable bonds is 3. The molecule has 1 aromatic heterocycles. The zero-order valence-corrected chi connectivity index (χ0v) is 14.0. The molecule has 126 valence electrons. The Morgan fingerprint density at radius 2 is 2.04 bits per heavy atom. The molecule has 7 nitrogen and oxygen atoms in total. The van der Waals surface area contributed by atoms with Crippen molar-refractivity contribution < 1.29 is 14.6 Å². The lowest BCUT2D eigenvalue weighted by molar-refractivity contribution is 0.0351. The first kappa shape index (κ1) is 16.1. The zero-order chi connectivity index (χ0) is 16.6. The Kier molecular flexibility index (Phi) is 4.48. The van der Waals surface area contributed by atoms with Crippen LogP contribution in [0.1, 0.15) is 32.1 Å². The van der Waals surface area contributed by atoms with Gasteiger partial charge in [-0.2, -0.15) is 4.98 Å². The van der Waals surface area contributed by atoms with E-state index in [0.29, 0.717) is 17.0 Å². The van der Waals surface area contributed by atoms with E-state index in [9.17, 15) is 9.90 Å². The molecular weight excluding hydrogens is 320 g/mol. The van der Waals surface area contributed by atoms with Gasteiger partial charge in [0.2, 0.25) is 11.8 Å². The molecule has 23 heavy (non-hydrogen) atoms. The number of anilines is 1. The minimum Gasteiger partial charge on any atom is -0.481 e. The average Bonchev–Trinajstić information content (AvgIpc) is 2.52. The third kappa shape index (κ3) is 3.15. The summed E-state index contributed by atoms with van der Waals surface area (Å²) < 4.78 is 5.15. The highest BCUT2D eigenvalue weighted by molar-refractivity contribution is 6.29. The fourth-order valence-corrected chi connectivity index (χ4v) is 3.96. The number of piperidine rings is 2. The van der Waals surface area contributed by atoms with Gasteiger partial charge in [-0.15, -0.1) is 0 Å². The van der Waals surface area contributed by atoms with Crippen LogP contribution in [0.3, 0.4) is 0 Å². The number of amides is 1. The molecule has 3 atom stereocenters. The molecule has 0 radical (unpaired) electrons. The molecule has 2 bridgehead atoms. The van der Waals surface area contributed by atoms with Crippen molar-refractivity contribution in [2.45, 2.75) is 50.2 Å². The minimum atomic E-state index is -0.804. The van der Waals surface area contributed by atoms with Crippen molar-refractivity contribution in [2.75, 3.05) is 19.1 Å². The van der Waals surface area contributed by atoms with Gasteiger partial charge in [0.05, 0.1) is 7.11 Å². The molecule has 8 heteroatoms. The van der Waals surface area contributed by atoms with Crippen molar-refractivity contribution in [3.8, 4) is 5.88 Å². The highest BCUT2D eigenvalue weighted by atomic mass is 35.5. The predicted molar refractivity (Wildman–Crippen MR) is 86.3 cm³/mol. The quantitative estimate of drug-likeness (QED) is 0.852. The van der Waals surface area contributed by atoms with Gasteiger partial charge >= 0.3 is 6.09 Å². The van der Waals surface area contributed by atoms with E-state index in [2.05, 4.69) is 9.97 Å². The first-order chi connectivity index (χ1) is 11.0. The molecule has 2 saturated heterocycles. The summed E-state index contributed by atoms with van der Waals surface area (Å²) in [6, 6.07) is 1.92. The Balaban J connectivity index is 1.80. The van der Waals surface area contributed by atoms with E-state index in [1.165, 1.54) is 7.11 Å². The van der Waals surface area contributed by atoms with Crippen molar-refractivity contribution in [3.05, 3.63) is 11.2 Å². The van der Waals surface area contributed by atoms with Gasteiger partial charge in [-0.25, -0.2) is 9.78 Å². The molecule has 0 spiro atoms. The van der Waals surface area contributed by atoms with Crippen LogP contribution in [0.4, 0.5) is 10.7 Å². The fraction of sp³-hybridized carbons (Fsp3) is 0.667. The molecule has 3 heterocycles. The van der Waals surface area contributed by atoms with Crippen LogP contribution in [0.2, 0.25) is 5.15 Å². The second-order valence-corrected chi connectivity index (χ2v) is 6.58. The van der Waals surface area contributed by atoms with E-state index in [4.69, 9.17) is 16.3 Å². The van der Waals surface area contributed by atoms with E-state index in [1.54, 1.807) is 11.0 Å². The van der Waals surface area contributed by atoms with Crippen LogP contribution in [-0.4, -0.2) is 58.4 Å². The number of methoxy groups -OCH3 is 1. The third-order valence-electron chi connectivity index (χ3n) is 4.90. The number of hydrogen-bond acceptors (Lipinski definition) is 5. The third-order valence-corrected chi connectivity index (χ3v) is 5.10. The van der Waals surface area contributed by atoms with Gasteiger partial charge in [0.15, 0.2) is 0 Å². The molecule has 2 aliphatic heterocycles.